The highest BCUT2D eigenvalue weighted by Crippen LogP contribution is 2.24. The van der Waals surface area contributed by atoms with E-state index in [4.69, 9.17) is 5.11 Å². The lowest BCUT2D eigenvalue weighted by Crippen LogP contribution is -2.43. The van der Waals surface area contributed by atoms with E-state index in [9.17, 15) is 9.59 Å². The normalized spacial score (nSPS) is 21.8. The molecule has 1 aromatic rings. The van der Waals surface area contributed by atoms with E-state index in [1.807, 2.05) is 13.0 Å². The largest absolute Gasteiger partial charge is 0.481 e. The molecule has 108 valence electrons. The summed E-state index contributed by atoms with van der Waals surface area (Å²) in [6, 6.07) is 1.40. The van der Waals surface area contributed by atoms with Crippen LogP contribution >= 0.6 is 0 Å². The second-order valence-electron chi connectivity index (χ2n) is 5.13. The summed E-state index contributed by atoms with van der Waals surface area (Å²) in [7, 11) is 0. The second-order valence-corrected chi connectivity index (χ2v) is 5.13. The molecule has 2 atom stereocenters. The number of nitrogens with one attached hydrogen (secondary N) is 1. The Bertz CT molecular complexity index is 518. The Hall–Kier alpha value is -2.11. The van der Waals surface area contributed by atoms with Crippen molar-refractivity contribution in [3.8, 4) is 0 Å². The molecule has 6 heteroatoms. The van der Waals surface area contributed by atoms with Gasteiger partial charge < -0.3 is 15.3 Å². The van der Waals surface area contributed by atoms with Crippen LogP contribution in [-0.2, 0) is 11.3 Å². The quantitative estimate of drug-likeness (QED) is 0.874. The number of hydrogen-bond donors (Lipinski definition) is 2. The van der Waals surface area contributed by atoms with Crippen molar-refractivity contribution in [2.24, 2.45) is 5.92 Å². The van der Waals surface area contributed by atoms with Crippen molar-refractivity contribution >= 4 is 12.0 Å². The molecule has 1 fully saturated rings. The van der Waals surface area contributed by atoms with Crippen molar-refractivity contribution < 1.29 is 14.7 Å². The maximum absolute atomic E-state index is 12.1. The Morgan fingerprint density at radius 1 is 1.55 bits per heavy atom. The molecule has 6 nitrogen and oxygen atoms in total. The summed E-state index contributed by atoms with van der Waals surface area (Å²) < 4.78 is 0. The highest BCUT2D eigenvalue weighted by atomic mass is 16.4. The zero-order valence-corrected chi connectivity index (χ0v) is 11.7. The second kappa shape index (κ2) is 5.90. The Morgan fingerprint density at radius 2 is 2.30 bits per heavy atom. The minimum atomic E-state index is -0.837. The first-order valence-electron chi connectivity index (χ1n) is 6.67. The van der Waals surface area contributed by atoms with Crippen molar-refractivity contribution in [3.63, 3.8) is 0 Å². The van der Waals surface area contributed by atoms with Gasteiger partial charge in [0.05, 0.1) is 5.92 Å². The summed E-state index contributed by atoms with van der Waals surface area (Å²) in [5.41, 5.74) is 2.03. The van der Waals surface area contributed by atoms with Crippen LogP contribution in [0.3, 0.4) is 0 Å². The van der Waals surface area contributed by atoms with Crippen molar-refractivity contribution in [1.82, 2.24) is 15.2 Å². The minimum absolute atomic E-state index is 0.218. The Labute approximate surface area is 117 Å². The standard InChI is InChI=1S/C14H19N3O3/c1-9-3-5-15-7-11(9)8-16-14(20)17-6-4-12(10(17)2)13(18)19/h3,5,7,10,12H,4,6,8H2,1-2H3,(H,16,20)(H,18,19). The molecule has 2 unspecified atom stereocenters. The van der Waals surface area contributed by atoms with Crippen LogP contribution in [0.1, 0.15) is 24.5 Å². The number of amides is 2. The van der Waals surface area contributed by atoms with Gasteiger partial charge in [0.15, 0.2) is 0 Å². The number of aryl methyl sites for hydroxylation is 1. The van der Waals surface area contributed by atoms with Gasteiger partial charge in [-0.15, -0.1) is 0 Å². The Balaban J connectivity index is 1.93. The van der Waals surface area contributed by atoms with Crippen LogP contribution in [-0.4, -0.2) is 39.6 Å². The van der Waals surface area contributed by atoms with Crippen LogP contribution in [0.25, 0.3) is 0 Å². The fourth-order valence-corrected chi connectivity index (χ4v) is 2.51. The van der Waals surface area contributed by atoms with Crippen LogP contribution in [0.2, 0.25) is 0 Å². The van der Waals surface area contributed by atoms with Gasteiger partial charge in [0, 0.05) is 31.5 Å². The van der Waals surface area contributed by atoms with Crippen LogP contribution in [0.15, 0.2) is 18.5 Å². The Morgan fingerprint density at radius 3 is 2.90 bits per heavy atom. The maximum Gasteiger partial charge on any atom is 0.317 e. The molecule has 0 bridgehead atoms. The lowest BCUT2D eigenvalue weighted by Gasteiger charge is -2.23. The highest BCUT2D eigenvalue weighted by molar-refractivity contribution is 5.78. The third-order valence-corrected chi connectivity index (χ3v) is 3.91. The molecule has 2 amide bonds. The van der Waals surface area contributed by atoms with Gasteiger partial charge in [0.25, 0.3) is 0 Å². The number of hydrogen-bond acceptors (Lipinski definition) is 3. The number of carboxylic acid groups (broad SMARTS) is 1. The molecular formula is C14H19N3O3. The highest BCUT2D eigenvalue weighted by Gasteiger charge is 2.37. The first-order chi connectivity index (χ1) is 9.50. The van der Waals surface area contributed by atoms with Gasteiger partial charge in [0.2, 0.25) is 0 Å². The zero-order valence-electron chi connectivity index (χ0n) is 11.7. The smallest absolute Gasteiger partial charge is 0.317 e. The number of urea groups is 1. The molecule has 2 heterocycles. The van der Waals surface area contributed by atoms with E-state index in [2.05, 4.69) is 10.3 Å². The molecule has 0 aliphatic carbocycles. The molecule has 2 rings (SSSR count). The predicted molar refractivity (Wildman–Crippen MR) is 73.1 cm³/mol. The number of likely N-dealkylation sites (tertiary alicyclic amines) is 1. The lowest BCUT2D eigenvalue weighted by molar-refractivity contribution is -0.142. The average Bonchev–Trinajstić information content (AvgIpc) is 2.79. The van der Waals surface area contributed by atoms with E-state index in [-0.39, 0.29) is 12.1 Å². The molecule has 1 aliphatic heterocycles. The molecule has 0 radical (unpaired) electrons. The number of carboxylic acids is 1. The predicted octanol–water partition coefficient (Wildman–Crippen LogP) is 1.39. The fraction of sp³-hybridized carbons (Fsp3) is 0.500. The summed E-state index contributed by atoms with van der Waals surface area (Å²) in [4.78, 5) is 28.8. The third kappa shape index (κ3) is 2.89. The van der Waals surface area contributed by atoms with E-state index in [1.165, 1.54) is 0 Å². The van der Waals surface area contributed by atoms with Crippen molar-refractivity contribution in [3.05, 3.63) is 29.6 Å². The van der Waals surface area contributed by atoms with Crippen LogP contribution < -0.4 is 5.32 Å². The van der Waals surface area contributed by atoms with Gasteiger partial charge in [0.1, 0.15) is 0 Å². The van der Waals surface area contributed by atoms with E-state index >= 15 is 0 Å². The van der Waals surface area contributed by atoms with E-state index in [0.717, 1.165) is 11.1 Å². The van der Waals surface area contributed by atoms with Gasteiger partial charge in [-0.05, 0) is 37.5 Å². The van der Waals surface area contributed by atoms with Gasteiger partial charge in [-0.25, -0.2) is 4.79 Å². The number of rotatable bonds is 3. The van der Waals surface area contributed by atoms with Gasteiger partial charge >= 0.3 is 12.0 Å². The number of aliphatic carboxylic acids is 1. The first kappa shape index (κ1) is 14.3. The number of carbonyl (C=O) groups excluding carboxylic acids is 1. The van der Waals surface area contributed by atoms with E-state index < -0.39 is 11.9 Å². The van der Waals surface area contributed by atoms with Crippen LogP contribution in [0.4, 0.5) is 4.79 Å². The van der Waals surface area contributed by atoms with Crippen LogP contribution in [0, 0.1) is 12.8 Å². The number of pyridine rings is 1. The lowest BCUT2D eigenvalue weighted by atomic mass is 10.0. The Kier molecular flexibility index (Phi) is 4.22. The number of carbonyl (C=O) groups is 2. The summed E-state index contributed by atoms with van der Waals surface area (Å²) in [5.74, 6) is -1.31. The molecule has 0 spiro atoms. The van der Waals surface area contributed by atoms with E-state index in [0.29, 0.717) is 19.5 Å². The molecule has 1 aromatic heterocycles. The molecule has 1 saturated heterocycles. The molecule has 2 N–H and O–H groups in total. The zero-order chi connectivity index (χ0) is 14.7. The summed E-state index contributed by atoms with van der Waals surface area (Å²) in [6.07, 6.45) is 3.94. The summed E-state index contributed by atoms with van der Waals surface area (Å²) in [6.45, 7) is 4.62. The monoisotopic (exact) mass is 277 g/mol. The van der Waals surface area contributed by atoms with Gasteiger partial charge in [-0.3, -0.25) is 9.78 Å². The first-order valence-corrected chi connectivity index (χ1v) is 6.67. The fourth-order valence-electron chi connectivity index (χ4n) is 2.51. The maximum atomic E-state index is 12.1. The van der Waals surface area contributed by atoms with E-state index in [1.54, 1.807) is 24.2 Å². The molecule has 0 aromatic carbocycles. The molecule has 0 saturated carbocycles. The average molecular weight is 277 g/mol. The minimum Gasteiger partial charge on any atom is -0.481 e. The molecule has 20 heavy (non-hydrogen) atoms. The molecule has 1 aliphatic rings. The third-order valence-electron chi connectivity index (χ3n) is 3.91. The van der Waals surface area contributed by atoms with Crippen molar-refractivity contribution in [2.45, 2.75) is 32.9 Å². The van der Waals surface area contributed by atoms with Crippen molar-refractivity contribution in [1.29, 1.82) is 0 Å². The summed E-state index contributed by atoms with van der Waals surface area (Å²) in [5, 5.41) is 11.9. The number of aromatic nitrogens is 1. The number of nitrogens with zero attached hydrogens (tertiary/aromatic N) is 2. The SMILES string of the molecule is Cc1ccncc1CNC(=O)N1CCC(C(=O)O)C1C. The molecular weight excluding hydrogens is 258 g/mol. The van der Waals surface area contributed by atoms with Crippen molar-refractivity contribution in [2.75, 3.05) is 6.54 Å². The summed E-state index contributed by atoms with van der Waals surface area (Å²) >= 11 is 0. The van der Waals surface area contributed by atoms with Gasteiger partial charge in [-0.2, -0.15) is 0 Å². The topological polar surface area (TPSA) is 82.5 Å². The van der Waals surface area contributed by atoms with Gasteiger partial charge in [-0.1, -0.05) is 0 Å². The van der Waals surface area contributed by atoms with Crippen LogP contribution in [0.5, 0.6) is 0 Å².